The molecule has 10 aromatic carbocycles. The Kier molecular flexibility index (Phi) is 11.2. The summed E-state index contributed by atoms with van der Waals surface area (Å²) in [6.07, 6.45) is 0. The van der Waals surface area contributed by atoms with Gasteiger partial charge >= 0.3 is 0 Å². The second-order valence-electron chi connectivity index (χ2n) is 24.1. The van der Waals surface area contributed by atoms with E-state index in [-0.39, 0.29) is 23.0 Å². The third-order valence-electron chi connectivity index (χ3n) is 15.9. The van der Waals surface area contributed by atoms with E-state index >= 15 is 0 Å². The van der Waals surface area contributed by atoms with Gasteiger partial charge in [-0.1, -0.05) is 190 Å². The van der Waals surface area contributed by atoms with Crippen LogP contribution in [0.25, 0.3) is 38.6 Å². The summed E-state index contributed by atoms with van der Waals surface area (Å²) >= 11 is 0. The number of para-hydroxylation sites is 2. The lowest BCUT2D eigenvalue weighted by Crippen LogP contribution is -2.61. The van der Waals surface area contributed by atoms with Crippen LogP contribution in [0.5, 0.6) is 0 Å². The fourth-order valence-electron chi connectivity index (χ4n) is 11.8. The topological polar surface area (TPSA) is 40.4 Å². The molecule has 0 fully saturated rings. The Morgan fingerprint density at radius 1 is 0.377 bits per heavy atom. The standard InChI is InChI=1S/C70H63BN6/c1-68(2,3)47-29-33-51(34-30-47)75-63-43-54(74(50-23-15-11-16-24-50)62-40-38-55(46-21-13-10-14-22-46)56-27-19-20-28-57(56)62)37-39-58(63)71-59-44-60-61(73-77(72-60)53-25-17-12-18-26-53)45-64(59)76(52-35-31-48(32-36-52)69(4,5)6)66-42-49(70(7,8)9)41-65(75)67(66)71/h10-45H,1-9H3. The highest BCUT2D eigenvalue weighted by Gasteiger charge is 2.45. The van der Waals surface area contributed by atoms with E-state index in [9.17, 15) is 0 Å². The lowest BCUT2D eigenvalue weighted by atomic mass is 9.33. The molecule has 13 rings (SSSR count). The fraction of sp³-hybridized carbons (Fsp3) is 0.171. The normalized spacial score (nSPS) is 13.2. The van der Waals surface area contributed by atoms with Crippen LogP contribution in [0.2, 0.25) is 0 Å². The lowest BCUT2D eigenvalue weighted by Gasteiger charge is -2.45. The van der Waals surface area contributed by atoms with E-state index in [0.717, 1.165) is 56.5 Å². The Bertz CT molecular complexity index is 4030. The molecular formula is C70H63BN6. The molecule has 0 radical (unpaired) electrons. The maximum Gasteiger partial charge on any atom is 0.252 e. The minimum absolute atomic E-state index is 0.00272. The Balaban J connectivity index is 1.11. The monoisotopic (exact) mass is 999 g/mol. The van der Waals surface area contributed by atoms with Crippen molar-refractivity contribution < 1.29 is 0 Å². The molecular weight excluding hydrogens is 936 g/mol. The van der Waals surface area contributed by atoms with Crippen LogP contribution in [0.15, 0.2) is 218 Å². The first-order valence-corrected chi connectivity index (χ1v) is 27.1. The Hall–Kier alpha value is -8.68. The molecule has 1 aromatic heterocycles. The van der Waals surface area contributed by atoms with Crippen molar-refractivity contribution >= 4 is 96.1 Å². The van der Waals surface area contributed by atoms with Crippen LogP contribution in [0, 0.1) is 0 Å². The number of aromatic nitrogens is 3. The predicted octanol–water partition coefficient (Wildman–Crippen LogP) is 16.7. The van der Waals surface area contributed by atoms with Crippen molar-refractivity contribution in [2.45, 2.75) is 78.6 Å². The highest BCUT2D eigenvalue weighted by molar-refractivity contribution is 7.00. The molecule has 0 amide bonds. The molecule has 0 saturated carbocycles. The number of hydrogen-bond acceptors (Lipinski definition) is 5. The van der Waals surface area contributed by atoms with Crippen LogP contribution >= 0.6 is 0 Å². The molecule has 0 N–H and O–H groups in total. The van der Waals surface area contributed by atoms with E-state index in [2.05, 4.69) is 277 Å². The maximum absolute atomic E-state index is 5.21. The van der Waals surface area contributed by atoms with Gasteiger partial charge in [0.2, 0.25) is 0 Å². The van der Waals surface area contributed by atoms with Crippen LogP contribution in [0.3, 0.4) is 0 Å². The first-order chi connectivity index (χ1) is 37.1. The molecule has 11 aromatic rings. The van der Waals surface area contributed by atoms with Gasteiger partial charge in [0, 0.05) is 50.9 Å². The van der Waals surface area contributed by atoms with Gasteiger partial charge in [-0.05, 0) is 157 Å². The van der Waals surface area contributed by atoms with E-state index in [0.29, 0.717) is 0 Å². The zero-order valence-electron chi connectivity index (χ0n) is 45.5. The number of rotatable bonds is 7. The van der Waals surface area contributed by atoms with E-state index in [1.165, 1.54) is 66.4 Å². The molecule has 7 heteroatoms. The largest absolute Gasteiger partial charge is 0.311 e. The Labute approximate surface area is 454 Å². The molecule has 2 aliphatic heterocycles. The van der Waals surface area contributed by atoms with Crippen LogP contribution in [0.4, 0.5) is 51.2 Å². The second-order valence-corrected chi connectivity index (χ2v) is 24.1. The van der Waals surface area contributed by atoms with Crippen molar-refractivity contribution in [1.82, 2.24) is 15.0 Å². The molecule has 0 bridgehead atoms. The molecule has 0 atom stereocenters. The molecule has 2 aliphatic rings. The van der Waals surface area contributed by atoms with Crippen LogP contribution < -0.4 is 31.1 Å². The number of fused-ring (bicyclic) bond motifs is 6. The highest BCUT2D eigenvalue weighted by atomic mass is 15.5. The van der Waals surface area contributed by atoms with Crippen molar-refractivity contribution in [3.63, 3.8) is 0 Å². The van der Waals surface area contributed by atoms with Crippen LogP contribution in [0.1, 0.15) is 79.0 Å². The van der Waals surface area contributed by atoms with Gasteiger partial charge in [-0.3, -0.25) is 0 Å². The summed E-state index contributed by atoms with van der Waals surface area (Å²) in [5.41, 5.74) is 22.4. The summed E-state index contributed by atoms with van der Waals surface area (Å²) in [7, 11) is 0. The number of hydrogen-bond donors (Lipinski definition) is 0. The molecule has 3 heterocycles. The van der Waals surface area contributed by atoms with Crippen molar-refractivity contribution in [2.24, 2.45) is 0 Å². The lowest BCUT2D eigenvalue weighted by molar-refractivity contribution is 0.590. The van der Waals surface area contributed by atoms with Crippen molar-refractivity contribution in [3.8, 4) is 16.8 Å². The van der Waals surface area contributed by atoms with Gasteiger partial charge in [-0.2, -0.15) is 4.80 Å². The summed E-state index contributed by atoms with van der Waals surface area (Å²) in [5, 5.41) is 12.8. The summed E-state index contributed by atoms with van der Waals surface area (Å²) in [5.74, 6) is 0. The van der Waals surface area contributed by atoms with Gasteiger partial charge in [0.05, 0.1) is 11.4 Å². The molecule has 77 heavy (non-hydrogen) atoms. The van der Waals surface area contributed by atoms with E-state index in [1.807, 2.05) is 18.2 Å². The van der Waals surface area contributed by atoms with Crippen molar-refractivity contribution in [1.29, 1.82) is 0 Å². The molecule has 376 valence electrons. The van der Waals surface area contributed by atoms with E-state index in [1.54, 1.807) is 4.80 Å². The zero-order chi connectivity index (χ0) is 53.0. The third kappa shape index (κ3) is 8.28. The smallest absolute Gasteiger partial charge is 0.252 e. The fourth-order valence-corrected chi connectivity index (χ4v) is 11.8. The Morgan fingerprint density at radius 3 is 1.45 bits per heavy atom. The van der Waals surface area contributed by atoms with Gasteiger partial charge in [0.15, 0.2) is 0 Å². The summed E-state index contributed by atoms with van der Waals surface area (Å²) in [6, 6.07) is 80.7. The van der Waals surface area contributed by atoms with Gasteiger partial charge < -0.3 is 14.7 Å². The summed E-state index contributed by atoms with van der Waals surface area (Å²) in [6.45, 7) is 20.6. The first-order valence-electron chi connectivity index (χ1n) is 27.1. The predicted molar refractivity (Wildman–Crippen MR) is 327 cm³/mol. The highest BCUT2D eigenvalue weighted by Crippen LogP contribution is 2.49. The summed E-state index contributed by atoms with van der Waals surface area (Å²) < 4.78 is 0. The maximum atomic E-state index is 5.21. The molecule has 0 unspecified atom stereocenters. The average Bonchev–Trinajstić information content (AvgIpc) is 4.04. The average molecular weight is 999 g/mol. The van der Waals surface area contributed by atoms with Crippen LogP contribution in [-0.2, 0) is 16.2 Å². The molecule has 6 nitrogen and oxygen atoms in total. The van der Waals surface area contributed by atoms with Gasteiger partial charge in [0.1, 0.15) is 11.0 Å². The zero-order valence-corrected chi connectivity index (χ0v) is 45.5. The quantitative estimate of drug-likeness (QED) is 0.149. The SMILES string of the molecule is CC(C)(C)c1ccc(N2c3cc(N(c4ccccc4)c4ccc(-c5ccccc5)c5ccccc45)ccc3B3c4cc5nn(-c6ccccc6)nc5cc4N(c4ccc(C(C)(C)C)cc4)c4cc(C(C)(C)C)cc2c43)cc1. The van der Waals surface area contributed by atoms with Gasteiger partial charge in [0.25, 0.3) is 6.71 Å². The van der Waals surface area contributed by atoms with Crippen LogP contribution in [-0.4, -0.2) is 21.7 Å². The number of anilines is 9. The molecule has 0 spiro atoms. The Morgan fingerprint density at radius 2 is 0.883 bits per heavy atom. The third-order valence-corrected chi connectivity index (χ3v) is 15.9. The number of benzene rings is 10. The van der Waals surface area contributed by atoms with Gasteiger partial charge in [-0.25, -0.2) is 0 Å². The summed E-state index contributed by atoms with van der Waals surface area (Å²) in [4.78, 5) is 9.31. The minimum Gasteiger partial charge on any atom is -0.311 e. The number of nitrogens with zero attached hydrogens (tertiary/aromatic N) is 6. The first kappa shape index (κ1) is 48.0. The molecule has 0 saturated heterocycles. The minimum atomic E-state index is -0.188. The second kappa shape index (κ2) is 18.0. The van der Waals surface area contributed by atoms with Crippen molar-refractivity contribution in [2.75, 3.05) is 14.7 Å². The van der Waals surface area contributed by atoms with E-state index in [4.69, 9.17) is 10.2 Å². The van der Waals surface area contributed by atoms with Crippen molar-refractivity contribution in [3.05, 3.63) is 235 Å². The van der Waals surface area contributed by atoms with Gasteiger partial charge in [-0.15, -0.1) is 10.2 Å². The van der Waals surface area contributed by atoms with E-state index < -0.39 is 0 Å². The molecule has 0 aliphatic carbocycles.